The molecule has 1 saturated heterocycles. The first-order chi connectivity index (χ1) is 15.1. The predicted molar refractivity (Wildman–Crippen MR) is 132 cm³/mol. The summed E-state index contributed by atoms with van der Waals surface area (Å²) in [5.41, 5.74) is -1.16. The first-order valence-corrected chi connectivity index (χ1v) is 11.2. The summed E-state index contributed by atoms with van der Waals surface area (Å²) in [4.78, 5) is 20.3. The van der Waals surface area contributed by atoms with Crippen LogP contribution in [0.2, 0.25) is 10.0 Å². The highest BCUT2D eigenvalue weighted by atomic mass is 79.9. The maximum Gasteiger partial charge on any atom is 0.332 e. The van der Waals surface area contributed by atoms with Crippen LogP contribution in [0.4, 0.5) is 21.9 Å². The second kappa shape index (κ2) is 8.09. The van der Waals surface area contributed by atoms with Gasteiger partial charge in [0.1, 0.15) is 0 Å². The number of hydrogen-bond donors (Lipinski definition) is 1. The fraction of sp³-hybridized carbons (Fsp3) is 0.167. The summed E-state index contributed by atoms with van der Waals surface area (Å²) in [6.45, 7) is 11.0. The van der Waals surface area contributed by atoms with Gasteiger partial charge < -0.3 is 5.11 Å². The van der Waals surface area contributed by atoms with E-state index in [0.29, 0.717) is 37.1 Å². The smallest absolute Gasteiger partial charge is 0.332 e. The van der Waals surface area contributed by atoms with Crippen molar-refractivity contribution in [3.05, 3.63) is 98.2 Å². The van der Waals surface area contributed by atoms with E-state index >= 15 is 0 Å². The summed E-state index contributed by atoms with van der Waals surface area (Å²) in [5, 5.41) is 13.4. The van der Waals surface area contributed by atoms with Gasteiger partial charge in [0.25, 0.3) is 0 Å². The Hall–Kier alpha value is -2.56. The summed E-state index contributed by atoms with van der Waals surface area (Å²) in [5.74, 6) is 0. The number of aliphatic hydroxyl groups is 1. The lowest BCUT2D eigenvalue weighted by Crippen LogP contribution is -2.56. The van der Waals surface area contributed by atoms with Crippen LogP contribution in [0.1, 0.15) is 19.4 Å². The molecule has 0 saturated carbocycles. The Kier molecular flexibility index (Phi) is 5.72. The molecule has 1 N–H and O–H groups in total. The van der Waals surface area contributed by atoms with Crippen molar-refractivity contribution in [2.45, 2.75) is 25.1 Å². The van der Waals surface area contributed by atoms with Gasteiger partial charge in [0.15, 0.2) is 11.4 Å². The standard InChI is InChI=1S/C24H18BrCl2N3O2/c1-23(2)24(32,15-12-16(25)14-19(13-15)28-3)30(21-10-6-18(27)7-11-21)22(31)29(23)20-8-4-17(26)5-9-20/h4-14,32H,1-2H3. The molecular formula is C24H18BrCl2N3O2. The van der Waals surface area contributed by atoms with Gasteiger partial charge in [-0.3, -0.25) is 9.80 Å². The van der Waals surface area contributed by atoms with Crippen molar-refractivity contribution in [1.29, 1.82) is 0 Å². The van der Waals surface area contributed by atoms with Gasteiger partial charge in [-0.15, -0.1) is 0 Å². The minimum Gasteiger partial charge on any atom is -0.365 e. The predicted octanol–water partition coefficient (Wildman–Crippen LogP) is 7.38. The van der Waals surface area contributed by atoms with Gasteiger partial charge in [-0.25, -0.2) is 9.64 Å². The third-order valence-electron chi connectivity index (χ3n) is 5.70. The molecule has 1 aliphatic rings. The fourth-order valence-electron chi connectivity index (χ4n) is 4.14. The number of carbonyl (C=O) groups is 1. The van der Waals surface area contributed by atoms with E-state index in [1.54, 1.807) is 80.6 Å². The molecule has 0 aromatic heterocycles. The molecular weight excluding hydrogens is 513 g/mol. The van der Waals surface area contributed by atoms with Crippen molar-refractivity contribution < 1.29 is 9.90 Å². The Balaban J connectivity index is 2.00. The van der Waals surface area contributed by atoms with Gasteiger partial charge in [0.05, 0.1) is 12.1 Å². The normalized spacial score (nSPS) is 19.8. The number of amides is 2. The highest BCUT2D eigenvalue weighted by Crippen LogP contribution is 2.51. The molecule has 1 unspecified atom stereocenters. The molecule has 5 nitrogen and oxygen atoms in total. The quantitative estimate of drug-likeness (QED) is 0.359. The summed E-state index contributed by atoms with van der Waals surface area (Å²) in [6, 6.07) is 18.1. The highest BCUT2D eigenvalue weighted by molar-refractivity contribution is 9.10. The van der Waals surface area contributed by atoms with Crippen LogP contribution >= 0.6 is 39.1 Å². The summed E-state index contributed by atoms with van der Waals surface area (Å²) < 4.78 is 0.624. The lowest BCUT2D eigenvalue weighted by molar-refractivity contribution is -0.00246. The molecule has 3 aromatic rings. The first-order valence-electron chi connectivity index (χ1n) is 9.66. The molecule has 1 fully saturated rings. The second-order valence-electron chi connectivity index (χ2n) is 7.95. The number of nitrogens with zero attached hydrogens (tertiary/aromatic N) is 3. The maximum atomic E-state index is 13.9. The topological polar surface area (TPSA) is 48.1 Å². The van der Waals surface area contributed by atoms with E-state index in [1.807, 2.05) is 0 Å². The number of rotatable bonds is 3. The van der Waals surface area contributed by atoms with Crippen LogP contribution in [0.15, 0.2) is 71.2 Å². The Labute approximate surface area is 204 Å². The third kappa shape index (κ3) is 3.46. The Morgan fingerprint density at radius 2 is 1.41 bits per heavy atom. The minimum absolute atomic E-state index is 0.340. The lowest BCUT2D eigenvalue weighted by Gasteiger charge is -2.43. The minimum atomic E-state index is -1.82. The molecule has 1 aliphatic heterocycles. The molecule has 2 amide bonds. The van der Waals surface area contributed by atoms with Gasteiger partial charge in [-0.2, -0.15) is 0 Å². The molecule has 0 bridgehead atoms. The Morgan fingerprint density at radius 3 is 1.91 bits per heavy atom. The van der Waals surface area contributed by atoms with Crippen LogP contribution in [0, 0.1) is 6.57 Å². The van der Waals surface area contributed by atoms with Crippen molar-refractivity contribution in [1.82, 2.24) is 0 Å². The Morgan fingerprint density at radius 1 is 0.906 bits per heavy atom. The molecule has 4 rings (SSSR count). The molecule has 3 aromatic carbocycles. The lowest BCUT2D eigenvalue weighted by atomic mass is 9.83. The van der Waals surface area contributed by atoms with E-state index in [4.69, 9.17) is 29.8 Å². The van der Waals surface area contributed by atoms with Gasteiger partial charge in [-0.1, -0.05) is 39.1 Å². The van der Waals surface area contributed by atoms with Crippen LogP contribution in [-0.4, -0.2) is 16.7 Å². The molecule has 8 heteroatoms. The van der Waals surface area contributed by atoms with Crippen molar-refractivity contribution >= 4 is 62.2 Å². The van der Waals surface area contributed by atoms with E-state index in [0.717, 1.165) is 0 Å². The van der Waals surface area contributed by atoms with Crippen molar-refractivity contribution in [3.8, 4) is 0 Å². The van der Waals surface area contributed by atoms with Gasteiger partial charge >= 0.3 is 6.03 Å². The monoisotopic (exact) mass is 529 g/mol. The molecule has 32 heavy (non-hydrogen) atoms. The average molecular weight is 531 g/mol. The zero-order valence-corrected chi connectivity index (χ0v) is 20.3. The number of urea groups is 1. The zero-order chi connectivity index (χ0) is 23.3. The van der Waals surface area contributed by atoms with Crippen LogP contribution in [0.3, 0.4) is 0 Å². The zero-order valence-electron chi connectivity index (χ0n) is 17.2. The SMILES string of the molecule is [C-]#[N+]c1cc(Br)cc(C2(O)N(c3ccc(Cl)cc3)C(=O)N(c3ccc(Cl)cc3)C2(C)C)c1. The van der Waals surface area contributed by atoms with Crippen LogP contribution in [-0.2, 0) is 5.72 Å². The van der Waals surface area contributed by atoms with Crippen molar-refractivity contribution in [2.75, 3.05) is 9.80 Å². The van der Waals surface area contributed by atoms with E-state index in [-0.39, 0.29) is 0 Å². The van der Waals surface area contributed by atoms with Gasteiger partial charge in [0, 0.05) is 25.9 Å². The molecule has 0 spiro atoms. The second-order valence-corrected chi connectivity index (χ2v) is 9.74. The fourth-order valence-corrected chi connectivity index (χ4v) is 4.87. The average Bonchev–Trinajstić information content (AvgIpc) is 2.91. The highest BCUT2D eigenvalue weighted by Gasteiger charge is 2.64. The number of benzene rings is 3. The van der Waals surface area contributed by atoms with E-state index in [1.165, 1.54) is 9.80 Å². The van der Waals surface area contributed by atoms with E-state index in [2.05, 4.69) is 20.8 Å². The largest absolute Gasteiger partial charge is 0.365 e. The van der Waals surface area contributed by atoms with Gasteiger partial charge in [0.2, 0.25) is 0 Å². The van der Waals surface area contributed by atoms with Crippen LogP contribution in [0.25, 0.3) is 4.85 Å². The molecule has 1 heterocycles. The number of halogens is 3. The summed E-state index contributed by atoms with van der Waals surface area (Å²) in [6.07, 6.45) is 0. The van der Waals surface area contributed by atoms with E-state index < -0.39 is 17.3 Å². The van der Waals surface area contributed by atoms with E-state index in [9.17, 15) is 9.90 Å². The Bertz CT molecular complexity index is 1240. The summed E-state index contributed by atoms with van der Waals surface area (Å²) >= 11 is 15.6. The first kappa shape index (κ1) is 22.6. The molecule has 1 atom stereocenters. The van der Waals surface area contributed by atoms with Crippen LogP contribution in [0.5, 0.6) is 0 Å². The molecule has 0 aliphatic carbocycles. The molecule has 0 radical (unpaired) electrons. The number of anilines is 2. The van der Waals surface area contributed by atoms with Crippen LogP contribution < -0.4 is 9.80 Å². The molecule has 162 valence electrons. The maximum absolute atomic E-state index is 13.9. The van der Waals surface area contributed by atoms with Crippen molar-refractivity contribution in [2.24, 2.45) is 0 Å². The number of carbonyl (C=O) groups excluding carboxylic acids is 1. The summed E-state index contributed by atoms with van der Waals surface area (Å²) in [7, 11) is 0. The third-order valence-corrected chi connectivity index (χ3v) is 6.66. The number of hydrogen-bond acceptors (Lipinski definition) is 2. The van der Waals surface area contributed by atoms with Crippen molar-refractivity contribution in [3.63, 3.8) is 0 Å². The van der Waals surface area contributed by atoms with Gasteiger partial charge in [-0.05, 0) is 86.1 Å².